The lowest BCUT2D eigenvalue weighted by Gasteiger charge is -2.14. The molecule has 0 unspecified atom stereocenters. The average Bonchev–Trinajstić information content (AvgIpc) is 3.37. The quantitative estimate of drug-likeness (QED) is 0.732. The number of hydrogen-bond donors (Lipinski definition) is 1. The van der Waals surface area contributed by atoms with Crippen molar-refractivity contribution in [3.63, 3.8) is 0 Å². The van der Waals surface area contributed by atoms with E-state index in [1.165, 1.54) is 66.8 Å². The fraction of sp³-hybridized carbons (Fsp3) is 0.435. The van der Waals surface area contributed by atoms with E-state index in [2.05, 4.69) is 52.7 Å². The van der Waals surface area contributed by atoms with Gasteiger partial charge in [-0.15, -0.1) is 11.8 Å². The number of carbonyl (C=O) groups is 1. The molecule has 2 aliphatic rings. The number of hydrogen-bond acceptors (Lipinski definition) is 3. The molecular weight excluding hydrogens is 352 g/mol. The van der Waals surface area contributed by atoms with E-state index in [-0.39, 0.29) is 5.91 Å². The van der Waals surface area contributed by atoms with Crippen molar-refractivity contribution in [1.29, 1.82) is 0 Å². The molecule has 0 aromatic heterocycles. The number of carbonyl (C=O) groups excluding carboxylic acids is 1. The van der Waals surface area contributed by atoms with Crippen LogP contribution in [0.25, 0.3) is 0 Å². The van der Waals surface area contributed by atoms with Crippen molar-refractivity contribution >= 4 is 17.7 Å². The Morgan fingerprint density at radius 2 is 1.67 bits per heavy atom. The molecule has 1 fully saturated rings. The number of benzene rings is 2. The first kappa shape index (κ1) is 18.6. The summed E-state index contributed by atoms with van der Waals surface area (Å²) in [6.07, 6.45) is 6.31. The van der Waals surface area contributed by atoms with Crippen molar-refractivity contribution in [3.8, 4) is 0 Å². The Morgan fingerprint density at radius 3 is 2.48 bits per heavy atom. The highest BCUT2D eigenvalue weighted by molar-refractivity contribution is 8.00. The summed E-state index contributed by atoms with van der Waals surface area (Å²) in [5, 5.41) is 3.04. The standard InChI is InChI=1S/C23H28N2OS/c26-23(17-27-22-11-10-20-4-3-5-21(20)14-22)24-15-18-6-8-19(9-7-18)16-25-12-1-2-13-25/h6-11,14H,1-5,12-13,15-17H2,(H,24,26). The zero-order valence-electron chi connectivity index (χ0n) is 15.9. The molecule has 0 radical (unpaired) electrons. The van der Waals surface area contributed by atoms with E-state index in [0.29, 0.717) is 12.3 Å². The third-order valence-corrected chi connectivity index (χ3v) is 6.55. The van der Waals surface area contributed by atoms with Gasteiger partial charge in [-0.05, 0) is 79.6 Å². The molecule has 1 amide bonds. The summed E-state index contributed by atoms with van der Waals surface area (Å²) in [5.74, 6) is 0.577. The Bertz CT molecular complexity index is 781. The summed E-state index contributed by atoms with van der Waals surface area (Å²) in [4.78, 5) is 15.9. The lowest BCUT2D eigenvalue weighted by Crippen LogP contribution is -2.24. The molecule has 1 saturated heterocycles. The van der Waals surface area contributed by atoms with Crippen LogP contribution >= 0.6 is 11.8 Å². The van der Waals surface area contributed by atoms with Crippen LogP contribution in [0.15, 0.2) is 47.4 Å². The van der Waals surface area contributed by atoms with Crippen molar-refractivity contribution in [2.24, 2.45) is 0 Å². The minimum absolute atomic E-state index is 0.0987. The monoisotopic (exact) mass is 380 g/mol. The number of likely N-dealkylation sites (tertiary alicyclic amines) is 1. The van der Waals surface area contributed by atoms with Gasteiger partial charge in [0.1, 0.15) is 0 Å². The van der Waals surface area contributed by atoms with Gasteiger partial charge >= 0.3 is 0 Å². The SMILES string of the molecule is O=C(CSc1ccc2c(c1)CCC2)NCc1ccc(CN2CCCC2)cc1. The molecule has 1 N–H and O–H groups in total. The lowest BCUT2D eigenvalue weighted by atomic mass is 10.1. The van der Waals surface area contributed by atoms with Crippen molar-refractivity contribution in [1.82, 2.24) is 10.2 Å². The third-order valence-electron chi connectivity index (χ3n) is 5.56. The Balaban J connectivity index is 1.20. The maximum absolute atomic E-state index is 12.2. The van der Waals surface area contributed by atoms with Gasteiger partial charge < -0.3 is 5.32 Å². The molecule has 1 heterocycles. The Labute approximate surface area is 166 Å². The summed E-state index contributed by atoms with van der Waals surface area (Å²) in [6, 6.07) is 15.3. The fourth-order valence-corrected chi connectivity index (χ4v) is 4.79. The predicted molar refractivity (Wildman–Crippen MR) is 112 cm³/mol. The van der Waals surface area contributed by atoms with E-state index in [4.69, 9.17) is 0 Å². The number of aryl methyl sites for hydroxylation is 2. The summed E-state index contributed by atoms with van der Waals surface area (Å²) in [7, 11) is 0. The van der Waals surface area contributed by atoms with Crippen molar-refractivity contribution in [2.45, 2.75) is 50.1 Å². The van der Waals surface area contributed by atoms with Crippen LogP contribution in [0.1, 0.15) is 41.5 Å². The molecule has 0 bridgehead atoms. The normalized spacial score (nSPS) is 16.4. The van der Waals surface area contributed by atoms with Crippen LogP contribution in [-0.2, 0) is 30.7 Å². The second-order valence-electron chi connectivity index (χ2n) is 7.65. The molecule has 27 heavy (non-hydrogen) atoms. The lowest BCUT2D eigenvalue weighted by molar-refractivity contribution is -0.118. The first-order chi connectivity index (χ1) is 13.3. The molecule has 142 valence electrons. The molecule has 4 rings (SSSR count). The van der Waals surface area contributed by atoms with Crippen LogP contribution in [0.5, 0.6) is 0 Å². The third kappa shape index (κ3) is 5.14. The first-order valence-corrected chi connectivity index (χ1v) is 11.1. The van der Waals surface area contributed by atoms with Gasteiger partial charge in [0.25, 0.3) is 0 Å². The molecular formula is C23H28N2OS. The van der Waals surface area contributed by atoms with E-state index >= 15 is 0 Å². The van der Waals surface area contributed by atoms with E-state index < -0.39 is 0 Å². The van der Waals surface area contributed by atoms with Crippen molar-refractivity contribution in [3.05, 3.63) is 64.7 Å². The zero-order valence-corrected chi connectivity index (χ0v) is 16.7. The van der Waals surface area contributed by atoms with Crippen LogP contribution < -0.4 is 5.32 Å². The van der Waals surface area contributed by atoms with Crippen LogP contribution in [0.2, 0.25) is 0 Å². The van der Waals surface area contributed by atoms with Crippen molar-refractivity contribution in [2.75, 3.05) is 18.8 Å². The summed E-state index contributed by atoms with van der Waals surface area (Å²) < 4.78 is 0. The number of thioether (sulfide) groups is 1. The fourth-order valence-electron chi connectivity index (χ4n) is 4.00. The molecule has 0 spiro atoms. The van der Waals surface area contributed by atoms with Crippen LogP contribution in [0, 0.1) is 0 Å². The summed E-state index contributed by atoms with van der Waals surface area (Å²) >= 11 is 1.63. The minimum Gasteiger partial charge on any atom is -0.351 e. The second kappa shape index (κ2) is 8.94. The molecule has 2 aromatic rings. The second-order valence-corrected chi connectivity index (χ2v) is 8.70. The van der Waals surface area contributed by atoms with Gasteiger partial charge in [-0.2, -0.15) is 0 Å². The van der Waals surface area contributed by atoms with E-state index in [0.717, 1.165) is 12.1 Å². The van der Waals surface area contributed by atoms with E-state index in [1.54, 1.807) is 11.8 Å². The van der Waals surface area contributed by atoms with E-state index in [1.807, 2.05) is 0 Å². The van der Waals surface area contributed by atoms with Crippen LogP contribution in [0.3, 0.4) is 0 Å². The van der Waals surface area contributed by atoms with Crippen LogP contribution in [0.4, 0.5) is 0 Å². The number of amides is 1. The van der Waals surface area contributed by atoms with Crippen molar-refractivity contribution < 1.29 is 4.79 Å². The maximum atomic E-state index is 12.2. The van der Waals surface area contributed by atoms with Gasteiger partial charge in [0, 0.05) is 18.0 Å². The van der Waals surface area contributed by atoms with Gasteiger partial charge in [0.05, 0.1) is 5.75 Å². The average molecular weight is 381 g/mol. The smallest absolute Gasteiger partial charge is 0.230 e. The molecule has 1 aliphatic heterocycles. The van der Waals surface area contributed by atoms with Gasteiger partial charge in [0.15, 0.2) is 0 Å². The number of fused-ring (bicyclic) bond motifs is 1. The molecule has 2 aromatic carbocycles. The largest absolute Gasteiger partial charge is 0.351 e. The summed E-state index contributed by atoms with van der Waals surface area (Å²) in [6.45, 7) is 4.09. The molecule has 3 nitrogen and oxygen atoms in total. The van der Waals surface area contributed by atoms with Gasteiger partial charge in [-0.1, -0.05) is 30.3 Å². The highest BCUT2D eigenvalue weighted by Crippen LogP contribution is 2.27. The summed E-state index contributed by atoms with van der Waals surface area (Å²) in [5.41, 5.74) is 5.47. The number of nitrogens with zero attached hydrogens (tertiary/aromatic N) is 1. The number of nitrogens with one attached hydrogen (secondary N) is 1. The number of rotatable bonds is 7. The predicted octanol–water partition coefficient (Wildman–Crippen LogP) is 4.18. The Morgan fingerprint density at radius 1 is 0.926 bits per heavy atom. The van der Waals surface area contributed by atoms with Crippen LogP contribution in [-0.4, -0.2) is 29.6 Å². The topological polar surface area (TPSA) is 32.3 Å². The van der Waals surface area contributed by atoms with Gasteiger partial charge in [-0.25, -0.2) is 0 Å². The maximum Gasteiger partial charge on any atom is 0.230 e. The molecule has 1 aliphatic carbocycles. The molecule has 0 saturated carbocycles. The zero-order chi connectivity index (χ0) is 18.5. The Hall–Kier alpha value is -1.78. The first-order valence-electron chi connectivity index (χ1n) is 10.1. The highest BCUT2D eigenvalue weighted by atomic mass is 32.2. The van der Waals surface area contributed by atoms with Gasteiger partial charge in [0.2, 0.25) is 5.91 Å². The molecule has 4 heteroatoms. The van der Waals surface area contributed by atoms with Gasteiger partial charge in [-0.3, -0.25) is 9.69 Å². The highest BCUT2D eigenvalue weighted by Gasteiger charge is 2.12. The minimum atomic E-state index is 0.0987. The van der Waals surface area contributed by atoms with E-state index in [9.17, 15) is 4.79 Å². The Kier molecular flexibility index (Phi) is 6.15. The molecule has 0 atom stereocenters.